The van der Waals surface area contributed by atoms with E-state index in [1.807, 2.05) is 60.7 Å². The Morgan fingerprint density at radius 1 is 1.05 bits per heavy atom. The van der Waals surface area contributed by atoms with Crippen LogP contribution in [0.2, 0.25) is 0 Å². The molecule has 1 aliphatic rings. The van der Waals surface area contributed by atoms with Crippen LogP contribution in [0.15, 0.2) is 75.7 Å². The molecular formula is C32H36N2O6S. The van der Waals surface area contributed by atoms with Crippen molar-refractivity contribution in [1.82, 2.24) is 4.57 Å². The van der Waals surface area contributed by atoms with Gasteiger partial charge in [0.2, 0.25) is 0 Å². The standard InChI is InChI=1S/C32H36N2O6S/c1-5-6-10-18-39-25-17-16-24(21-26(25)38-4)29-28(31(36)40-20-19-37-3)22(2)33-32-34(29)30(35)27(41-32)15-11-14-23-12-8-7-9-13-23/h7-9,11-17,21,29H,5-6,10,18-20H2,1-4H3/b14-11+,27-15-. The Kier molecular flexibility index (Phi) is 10.7. The summed E-state index contributed by atoms with van der Waals surface area (Å²) in [5.41, 5.74) is 2.24. The number of hydrogen-bond acceptors (Lipinski definition) is 8. The highest BCUT2D eigenvalue weighted by Crippen LogP contribution is 2.36. The molecule has 2 heterocycles. The van der Waals surface area contributed by atoms with Gasteiger partial charge in [-0.1, -0.05) is 79.7 Å². The molecule has 0 bridgehead atoms. The summed E-state index contributed by atoms with van der Waals surface area (Å²) in [6.07, 6.45) is 8.67. The number of benzene rings is 2. The molecule has 0 fully saturated rings. The Labute approximate surface area is 243 Å². The average Bonchev–Trinajstić information content (AvgIpc) is 3.29. The summed E-state index contributed by atoms with van der Waals surface area (Å²) in [6.45, 7) is 4.82. The van der Waals surface area contributed by atoms with Gasteiger partial charge in [0.15, 0.2) is 16.3 Å². The molecule has 1 aliphatic heterocycles. The highest BCUT2D eigenvalue weighted by molar-refractivity contribution is 7.07. The van der Waals surface area contributed by atoms with Gasteiger partial charge < -0.3 is 18.9 Å². The predicted molar refractivity (Wildman–Crippen MR) is 161 cm³/mol. The number of fused-ring (bicyclic) bond motifs is 1. The van der Waals surface area contributed by atoms with Gasteiger partial charge in [0.05, 0.1) is 42.2 Å². The van der Waals surface area contributed by atoms with Gasteiger partial charge in [0.1, 0.15) is 6.61 Å². The number of aromatic nitrogens is 1. The third-order valence-electron chi connectivity index (χ3n) is 6.61. The third-order valence-corrected chi connectivity index (χ3v) is 7.61. The lowest BCUT2D eigenvalue weighted by molar-refractivity contribution is -0.140. The van der Waals surface area contributed by atoms with Crippen LogP contribution in [0, 0.1) is 0 Å². The first-order valence-electron chi connectivity index (χ1n) is 13.7. The molecule has 1 aromatic heterocycles. The minimum absolute atomic E-state index is 0.0847. The summed E-state index contributed by atoms with van der Waals surface area (Å²) in [6, 6.07) is 14.6. The molecule has 1 atom stereocenters. The number of hydrogen-bond donors (Lipinski definition) is 0. The zero-order valence-corrected chi connectivity index (χ0v) is 24.7. The minimum atomic E-state index is -0.760. The molecule has 0 saturated heterocycles. The van der Waals surface area contributed by atoms with Gasteiger partial charge in [-0.2, -0.15) is 0 Å². The number of rotatable bonds is 13. The van der Waals surface area contributed by atoms with E-state index in [0.29, 0.717) is 44.3 Å². The SMILES string of the molecule is CCCCCOc1ccc(C2C(C(=O)OCCOC)=C(C)N=c3s/c(=C\C=C\c4ccccc4)c(=O)n32)cc1OC. The van der Waals surface area contributed by atoms with Crippen molar-refractivity contribution in [3.63, 3.8) is 0 Å². The zero-order valence-electron chi connectivity index (χ0n) is 23.9. The summed E-state index contributed by atoms with van der Waals surface area (Å²) in [7, 11) is 3.11. The molecule has 0 aliphatic carbocycles. The van der Waals surface area contributed by atoms with Crippen LogP contribution in [0.3, 0.4) is 0 Å². The zero-order chi connectivity index (χ0) is 29.2. The first-order chi connectivity index (χ1) is 20.0. The fourth-order valence-corrected chi connectivity index (χ4v) is 5.52. The van der Waals surface area contributed by atoms with Crippen molar-refractivity contribution in [2.45, 2.75) is 39.2 Å². The Morgan fingerprint density at radius 3 is 2.59 bits per heavy atom. The number of methoxy groups -OCH3 is 2. The van der Waals surface area contributed by atoms with E-state index in [-0.39, 0.29) is 18.8 Å². The van der Waals surface area contributed by atoms with Crippen LogP contribution in [0.4, 0.5) is 0 Å². The number of unbranched alkanes of at least 4 members (excludes halogenated alkanes) is 2. The quantitative estimate of drug-likeness (QED) is 0.217. The second-order valence-electron chi connectivity index (χ2n) is 9.47. The van der Waals surface area contributed by atoms with Gasteiger partial charge in [-0.15, -0.1) is 0 Å². The highest BCUT2D eigenvalue weighted by atomic mass is 32.1. The molecule has 0 radical (unpaired) electrons. The van der Waals surface area contributed by atoms with Crippen LogP contribution in [-0.4, -0.2) is 44.6 Å². The monoisotopic (exact) mass is 576 g/mol. The van der Waals surface area contributed by atoms with E-state index in [1.54, 1.807) is 24.7 Å². The van der Waals surface area contributed by atoms with E-state index in [9.17, 15) is 9.59 Å². The van der Waals surface area contributed by atoms with E-state index in [2.05, 4.69) is 11.9 Å². The van der Waals surface area contributed by atoms with E-state index >= 15 is 0 Å². The molecule has 0 amide bonds. The van der Waals surface area contributed by atoms with Crippen molar-refractivity contribution in [3.05, 3.63) is 96.7 Å². The predicted octanol–water partition coefficient (Wildman–Crippen LogP) is 4.67. The molecule has 3 aromatic rings. The summed E-state index contributed by atoms with van der Waals surface area (Å²) in [5.74, 6) is 0.579. The molecule has 9 heteroatoms. The first-order valence-corrected chi connectivity index (χ1v) is 14.5. The summed E-state index contributed by atoms with van der Waals surface area (Å²) in [5, 5.41) is 0. The molecule has 2 aromatic carbocycles. The molecule has 41 heavy (non-hydrogen) atoms. The van der Waals surface area contributed by atoms with Crippen LogP contribution in [0.1, 0.15) is 50.3 Å². The Hall–Kier alpha value is -3.95. The maximum atomic E-state index is 13.8. The topological polar surface area (TPSA) is 88.4 Å². The van der Waals surface area contributed by atoms with Crippen molar-refractivity contribution in [2.75, 3.05) is 34.0 Å². The highest BCUT2D eigenvalue weighted by Gasteiger charge is 2.34. The van der Waals surface area contributed by atoms with E-state index in [0.717, 1.165) is 24.8 Å². The number of thiazole rings is 1. The van der Waals surface area contributed by atoms with Crippen molar-refractivity contribution < 1.29 is 23.7 Å². The maximum Gasteiger partial charge on any atom is 0.338 e. The lowest BCUT2D eigenvalue weighted by Crippen LogP contribution is -2.40. The Balaban J connectivity index is 1.78. The van der Waals surface area contributed by atoms with Crippen molar-refractivity contribution in [2.24, 2.45) is 4.99 Å². The molecule has 0 spiro atoms. The number of nitrogens with zero attached hydrogens (tertiary/aromatic N) is 2. The number of ether oxygens (including phenoxy) is 4. The van der Waals surface area contributed by atoms with Gasteiger partial charge in [-0.05, 0) is 42.7 Å². The number of allylic oxidation sites excluding steroid dienone is 2. The van der Waals surface area contributed by atoms with Gasteiger partial charge in [0, 0.05) is 7.11 Å². The lowest BCUT2D eigenvalue weighted by Gasteiger charge is -2.25. The molecule has 8 nitrogen and oxygen atoms in total. The minimum Gasteiger partial charge on any atom is -0.493 e. The van der Waals surface area contributed by atoms with Crippen molar-refractivity contribution in [1.29, 1.82) is 0 Å². The first kappa shape index (κ1) is 30.0. The van der Waals surface area contributed by atoms with Crippen LogP contribution < -0.4 is 24.4 Å². The van der Waals surface area contributed by atoms with E-state index < -0.39 is 12.0 Å². The Bertz CT molecular complexity index is 1590. The normalized spacial score (nSPS) is 15.1. The molecule has 0 saturated carbocycles. The van der Waals surface area contributed by atoms with Gasteiger partial charge in [0.25, 0.3) is 5.56 Å². The molecular weight excluding hydrogens is 540 g/mol. The van der Waals surface area contributed by atoms with Crippen LogP contribution in [0.5, 0.6) is 11.5 Å². The van der Waals surface area contributed by atoms with Crippen LogP contribution >= 0.6 is 11.3 Å². The summed E-state index contributed by atoms with van der Waals surface area (Å²) in [4.78, 5) is 32.3. The maximum absolute atomic E-state index is 13.8. The van der Waals surface area contributed by atoms with Crippen molar-refractivity contribution >= 4 is 29.5 Å². The number of carbonyl (C=O) groups is 1. The summed E-state index contributed by atoms with van der Waals surface area (Å²) >= 11 is 1.28. The fraction of sp³-hybridized carbons (Fsp3) is 0.344. The third kappa shape index (κ3) is 7.23. The molecule has 1 unspecified atom stereocenters. The largest absolute Gasteiger partial charge is 0.493 e. The van der Waals surface area contributed by atoms with E-state index in [1.165, 1.54) is 18.4 Å². The van der Waals surface area contributed by atoms with Gasteiger partial charge >= 0.3 is 5.97 Å². The fourth-order valence-electron chi connectivity index (χ4n) is 4.53. The van der Waals surface area contributed by atoms with E-state index in [4.69, 9.17) is 18.9 Å². The second-order valence-corrected chi connectivity index (χ2v) is 10.5. The van der Waals surface area contributed by atoms with Crippen LogP contribution in [0.25, 0.3) is 12.2 Å². The summed E-state index contributed by atoms with van der Waals surface area (Å²) < 4.78 is 24.2. The number of esters is 1. The van der Waals surface area contributed by atoms with Gasteiger partial charge in [-0.3, -0.25) is 9.36 Å². The van der Waals surface area contributed by atoms with Crippen LogP contribution in [-0.2, 0) is 14.3 Å². The Morgan fingerprint density at radius 2 is 1.85 bits per heavy atom. The molecule has 4 rings (SSSR count). The smallest absolute Gasteiger partial charge is 0.338 e. The second kappa shape index (κ2) is 14.6. The number of carbonyl (C=O) groups excluding carboxylic acids is 1. The van der Waals surface area contributed by atoms with Crippen molar-refractivity contribution in [3.8, 4) is 11.5 Å². The lowest BCUT2D eigenvalue weighted by atomic mass is 9.95. The van der Waals surface area contributed by atoms with Gasteiger partial charge in [-0.25, -0.2) is 9.79 Å². The molecule has 216 valence electrons. The average molecular weight is 577 g/mol. The molecule has 0 N–H and O–H groups in total.